The first-order valence-electron chi connectivity index (χ1n) is 6.64. The highest BCUT2D eigenvalue weighted by Gasteiger charge is 2.31. The minimum Gasteiger partial charge on any atom is -0.505 e. The molecule has 2 aromatic carbocycles. The van der Waals surface area contributed by atoms with Gasteiger partial charge in [0.05, 0.1) is 8.95 Å². The molecule has 0 radical (unpaired) electrons. The van der Waals surface area contributed by atoms with Gasteiger partial charge in [-0.05, 0) is 87.0 Å². The van der Waals surface area contributed by atoms with Crippen LogP contribution in [0.25, 0.3) is 0 Å². The van der Waals surface area contributed by atoms with Crippen LogP contribution in [-0.2, 0) is 5.41 Å². The topological polar surface area (TPSA) is 66.8 Å². The fourth-order valence-electron chi connectivity index (χ4n) is 2.35. The Morgan fingerprint density at radius 3 is 1.83 bits per heavy atom. The molecule has 2 N–H and O–H groups in total. The van der Waals surface area contributed by atoms with Gasteiger partial charge in [-0.15, -0.1) is 0 Å². The molecule has 2 rings (SSSR count). The third kappa shape index (κ3) is 3.66. The third-order valence-electron chi connectivity index (χ3n) is 3.65. The van der Waals surface area contributed by atoms with Gasteiger partial charge < -0.3 is 14.9 Å². The quantitative estimate of drug-likeness (QED) is 0.235. The second-order valence-corrected chi connectivity index (χ2v) is 8.67. The molecule has 0 saturated carbocycles. The highest BCUT2D eigenvalue weighted by atomic mass is 79.9. The molecule has 8 heteroatoms. The van der Waals surface area contributed by atoms with Crippen molar-refractivity contribution in [2.24, 2.45) is 0 Å². The van der Waals surface area contributed by atoms with Gasteiger partial charge in [0.2, 0.25) is 0 Å². The molecular weight excluding hydrogens is 576 g/mol. The number of hydrogen-bond donors (Lipinski definition) is 2. The molecular formula is C16H12Br4O4. The molecule has 0 atom stereocenters. The average Bonchev–Trinajstić information content (AvgIpc) is 2.51. The van der Waals surface area contributed by atoms with Crippen molar-refractivity contribution in [1.29, 1.82) is 0 Å². The lowest BCUT2D eigenvalue weighted by atomic mass is 9.78. The van der Waals surface area contributed by atoms with E-state index in [9.17, 15) is 9.90 Å². The number of phenols is 1. The summed E-state index contributed by atoms with van der Waals surface area (Å²) in [5.74, 6) is 0.353. The first-order valence-corrected chi connectivity index (χ1v) is 9.81. The third-order valence-corrected chi connectivity index (χ3v) is 7.84. The molecule has 0 saturated heterocycles. The predicted molar refractivity (Wildman–Crippen MR) is 106 cm³/mol. The Morgan fingerprint density at radius 2 is 1.42 bits per heavy atom. The van der Waals surface area contributed by atoms with E-state index in [4.69, 9.17) is 5.11 Å². The molecule has 0 aliphatic heterocycles. The van der Waals surface area contributed by atoms with Gasteiger partial charge in [0.15, 0.2) is 0 Å². The lowest BCUT2D eigenvalue weighted by Gasteiger charge is -2.30. The fourth-order valence-corrected chi connectivity index (χ4v) is 5.44. The number of phenolic OH excluding ortho intramolecular Hbond substituents is 1. The molecule has 0 aromatic heterocycles. The van der Waals surface area contributed by atoms with Gasteiger partial charge in [-0.2, -0.15) is 0 Å². The number of carbonyl (C=O) groups is 1. The molecule has 128 valence electrons. The standard InChI is InChI=1S/C16H12Br4O4/c1-16(2,7-3-5-8(6-4-7)24-15(22)23)9-10(17)12(19)14(21)13(20)11(9)18/h3-6,21H,1-2H3,(H,22,23). The van der Waals surface area contributed by atoms with Crippen LogP contribution in [0, 0.1) is 0 Å². The maximum atomic E-state index is 10.6. The summed E-state index contributed by atoms with van der Waals surface area (Å²) in [5, 5.41) is 18.8. The summed E-state index contributed by atoms with van der Waals surface area (Å²) in [6.45, 7) is 4.06. The number of hydrogen-bond acceptors (Lipinski definition) is 3. The molecule has 4 nitrogen and oxygen atoms in total. The van der Waals surface area contributed by atoms with Crippen molar-refractivity contribution in [2.45, 2.75) is 19.3 Å². The highest BCUT2D eigenvalue weighted by Crippen LogP contribution is 2.51. The van der Waals surface area contributed by atoms with Crippen molar-refractivity contribution in [2.75, 3.05) is 0 Å². The predicted octanol–water partition coefficient (Wildman–Crippen LogP) is 6.82. The van der Waals surface area contributed by atoms with Gasteiger partial charge in [-0.3, -0.25) is 0 Å². The van der Waals surface area contributed by atoms with E-state index < -0.39 is 11.6 Å². The van der Waals surface area contributed by atoms with Gasteiger partial charge in [-0.25, -0.2) is 4.79 Å². The summed E-state index contributed by atoms with van der Waals surface area (Å²) in [4.78, 5) is 10.6. The molecule has 0 fully saturated rings. The Kier molecular flexibility index (Phi) is 6.05. The zero-order valence-corrected chi connectivity index (χ0v) is 18.9. The van der Waals surface area contributed by atoms with Gasteiger partial charge in [0.25, 0.3) is 0 Å². The van der Waals surface area contributed by atoms with Gasteiger partial charge >= 0.3 is 6.16 Å². The van der Waals surface area contributed by atoms with Crippen LogP contribution in [0.1, 0.15) is 25.0 Å². The minimum atomic E-state index is -1.35. The van der Waals surface area contributed by atoms with E-state index in [0.29, 0.717) is 8.95 Å². The van der Waals surface area contributed by atoms with Gasteiger partial charge in [-0.1, -0.05) is 26.0 Å². The number of benzene rings is 2. The van der Waals surface area contributed by atoms with Gasteiger partial charge in [0.1, 0.15) is 11.5 Å². The molecule has 0 amide bonds. The Morgan fingerprint density at radius 1 is 0.958 bits per heavy atom. The summed E-state index contributed by atoms with van der Waals surface area (Å²) in [6, 6.07) is 6.84. The van der Waals surface area contributed by atoms with Crippen LogP contribution >= 0.6 is 63.7 Å². The first kappa shape index (κ1) is 19.8. The lowest BCUT2D eigenvalue weighted by Crippen LogP contribution is -2.21. The largest absolute Gasteiger partial charge is 0.511 e. The Labute approximate surface area is 172 Å². The lowest BCUT2D eigenvalue weighted by molar-refractivity contribution is 0.144. The second-order valence-electron chi connectivity index (χ2n) is 5.50. The van der Waals surface area contributed by atoms with Crippen LogP contribution in [0.3, 0.4) is 0 Å². The number of rotatable bonds is 3. The summed E-state index contributed by atoms with van der Waals surface area (Å²) in [5.41, 5.74) is 1.43. The number of aromatic hydroxyl groups is 1. The summed E-state index contributed by atoms with van der Waals surface area (Å²) < 4.78 is 7.19. The van der Waals surface area contributed by atoms with Crippen LogP contribution in [-0.4, -0.2) is 16.4 Å². The summed E-state index contributed by atoms with van der Waals surface area (Å²) in [7, 11) is 0. The van der Waals surface area contributed by atoms with Crippen molar-refractivity contribution in [3.63, 3.8) is 0 Å². The highest BCUT2D eigenvalue weighted by molar-refractivity contribution is 9.14. The fraction of sp³-hybridized carbons (Fsp3) is 0.188. The monoisotopic (exact) mass is 584 g/mol. The van der Waals surface area contributed by atoms with Crippen LogP contribution in [0.15, 0.2) is 42.2 Å². The maximum absolute atomic E-state index is 10.6. The molecule has 0 aliphatic carbocycles. The van der Waals surface area contributed by atoms with Crippen molar-refractivity contribution >= 4 is 69.9 Å². The summed E-state index contributed by atoms with van der Waals surface area (Å²) >= 11 is 13.8. The molecule has 2 aromatic rings. The van der Waals surface area contributed by atoms with Crippen LogP contribution < -0.4 is 4.74 Å². The van der Waals surface area contributed by atoms with E-state index in [1.165, 1.54) is 0 Å². The van der Waals surface area contributed by atoms with Crippen molar-refractivity contribution in [3.8, 4) is 11.5 Å². The molecule has 0 aliphatic rings. The zero-order chi connectivity index (χ0) is 18.2. The van der Waals surface area contributed by atoms with E-state index in [2.05, 4.69) is 68.5 Å². The zero-order valence-electron chi connectivity index (χ0n) is 12.5. The number of halogens is 4. The molecule has 0 spiro atoms. The SMILES string of the molecule is CC(C)(c1ccc(OC(=O)O)cc1)c1c(Br)c(Br)c(O)c(Br)c1Br. The van der Waals surface area contributed by atoms with Gasteiger partial charge in [0, 0.05) is 14.4 Å². The van der Waals surface area contributed by atoms with Crippen LogP contribution in [0.4, 0.5) is 4.79 Å². The average molecular weight is 588 g/mol. The van der Waals surface area contributed by atoms with Crippen molar-refractivity contribution in [1.82, 2.24) is 0 Å². The number of carboxylic acid groups (broad SMARTS) is 1. The Bertz CT molecular complexity index is 772. The van der Waals surface area contributed by atoms with E-state index in [0.717, 1.165) is 20.1 Å². The normalized spacial score (nSPS) is 11.4. The van der Waals surface area contributed by atoms with Crippen molar-refractivity contribution in [3.05, 3.63) is 53.3 Å². The molecule has 0 heterocycles. The minimum absolute atomic E-state index is 0.0958. The Balaban J connectivity index is 2.57. The van der Waals surface area contributed by atoms with Crippen molar-refractivity contribution < 1.29 is 19.7 Å². The number of ether oxygens (including phenoxy) is 1. The summed E-state index contributed by atoms with van der Waals surface area (Å²) in [6.07, 6.45) is -1.35. The van der Waals surface area contributed by atoms with Crippen LogP contribution in [0.5, 0.6) is 11.5 Å². The maximum Gasteiger partial charge on any atom is 0.511 e. The molecule has 0 bridgehead atoms. The van der Waals surface area contributed by atoms with E-state index >= 15 is 0 Å². The molecule has 24 heavy (non-hydrogen) atoms. The van der Waals surface area contributed by atoms with Crippen LogP contribution in [0.2, 0.25) is 0 Å². The van der Waals surface area contributed by atoms with E-state index in [1.807, 2.05) is 26.0 Å². The second kappa shape index (κ2) is 7.35. The van der Waals surface area contributed by atoms with E-state index in [1.54, 1.807) is 12.1 Å². The Hall–Kier alpha value is -0.570. The first-order chi connectivity index (χ1) is 11.1. The smallest absolute Gasteiger partial charge is 0.505 e. The van der Waals surface area contributed by atoms with E-state index in [-0.39, 0.29) is 11.5 Å². The molecule has 0 unspecified atom stereocenters.